The second kappa shape index (κ2) is 5.46. The lowest BCUT2D eigenvalue weighted by Gasteiger charge is -2.03. The monoisotopic (exact) mass is 246 g/mol. The Morgan fingerprint density at radius 2 is 2.17 bits per heavy atom. The van der Waals surface area contributed by atoms with Gasteiger partial charge < -0.3 is 14.9 Å². The van der Waals surface area contributed by atoms with E-state index in [1.54, 1.807) is 13.0 Å². The van der Waals surface area contributed by atoms with Crippen LogP contribution in [0.1, 0.15) is 17.5 Å². The van der Waals surface area contributed by atoms with E-state index in [9.17, 15) is 4.79 Å². The smallest absolute Gasteiger partial charge is 0.290 e. The maximum absolute atomic E-state index is 11.6. The molecule has 1 amide bonds. The number of carbonyl (C=O) groups is 1. The van der Waals surface area contributed by atoms with Crippen LogP contribution in [0.25, 0.3) is 11.3 Å². The average molecular weight is 246 g/mol. The average Bonchev–Trinajstić information content (AvgIpc) is 2.86. The summed E-state index contributed by atoms with van der Waals surface area (Å²) in [6.07, 6.45) is -0.592. The number of aliphatic hydroxyl groups excluding tert-OH is 1. The SMILES string of the molecule is CC(O)CNC(=O)c1cc(-c2ccccc2)no1. The third-order valence-corrected chi connectivity index (χ3v) is 2.36. The van der Waals surface area contributed by atoms with Gasteiger partial charge in [0, 0.05) is 18.2 Å². The molecule has 18 heavy (non-hydrogen) atoms. The van der Waals surface area contributed by atoms with Crippen molar-refractivity contribution < 1.29 is 14.4 Å². The molecule has 1 unspecified atom stereocenters. The highest BCUT2D eigenvalue weighted by atomic mass is 16.5. The van der Waals surface area contributed by atoms with Gasteiger partial charge in [0.05, 0.1) is 6.10 Å². The van der Waals surface area contributed by atoms with Gasteiger partial charge in [0.15, 0.2) is 0 Å². The number of rotatable bonds is 4. The Hall–Kier alpha value is -2.14. The third-order valence-electron chi connectivity index (χ3n) is 2.36. The number of benzene rings is 1. The van der Waals surface area contributed by atoms with E-state index < -0.39 is 6.10 Å². The number of carbonyl (C=O) groups excluding carboxylic acids is 1. The van der Waals surface area contributed by atoms with Gasteiger partial charge in [-0.25, -0.2) is 0 Å². The largest absolute Gasteiger partial charge is 0.392 e. The Balaban J connectivity index is 2.09. The molecule has 2 rings (SSSR count). The zero-order valence-electron chi connectivity index (χ0n) is 9.96. The standard InChI is InChI=1S/C13H14N2O3/c1-9(16)8-14-13(17)12-7-11(15-18-12)10-5-3-2-4-6-10/h2-7,9,16H,8H2,1H3,(H,14,17). The fraction of sp³-hybridized carbons (Fsp3) is 0.231. The summed E-state index contributed by atoms with van der Waals surface area (Å²) in [4.78, 5) is 11.6. The van der Waals surface area contributed by atoms with Crippen molar-refractivity contribution in [3.05, 3.63) is 42.2 Å². The van der Waals surface area contributed by atoms with Crippen LogP contribution in [0.3, 0.4) is 0 Å². The summed E-state index contributed by atoms with van der Waals surface area (Å²) >= 11 is 0. The number of hydrogen-bond acceptors (Lipinski definition) is 4. The number of nitrogens with zero attached hydrogens (tertiary/aromatic N) is 1. The lowest BCUT2D eigenvalue weighted by atomic mass is 10.1. The quantitative estimate of drug-likeness (QED) is 0.856. The molecule has 0 fully saturated rings. The molecule has 0 saturated carbocycles. The summed E-state index contributed by atoms with van der Waals surface area (Å²) in [6.45, 7) is 1.77. The van der Waals surface area contributed by atoms with Crippen molar-refractivity contribution in [2.75, 3.05) is 6.54 Å². The maximum Gasteiger partial charge on any atom is 0.290 e. The predicted molar refractivity (Wildman–Crippen MR) is 66.0 cm³/mol. The van der Waals surface area contributed by atoms with Gasteiger partial charge in [-0.2, -0.15) is 0 Å². The van der Waals surface area contributed by atoms with Crippen LogP contribution in [0.2, 0.25) is 0 Å². The number of amides is 1. The molecule has 0 spiro atoms. The number of hydrogen-bond donors (Lipinski definition) is 2. The van der Waals surface area contributed by atoms with Crippen molar-refractivity contribution in [1.82, 2.24) is 10.5 Å². The van der Waals surface area contributed by atoms with E-state index in [0.29, 0.717) is 5.69 Å². The van der Waals surface area contributed by atoms with E-state index in [1.165, 1.54) is 0 Å². The molecule has 2 aromatic rings. The van der Waals surface area contributed by atoms with Crippen LogP contribution >= 0.6 is 0 Å². The second-order valence-electron chi connectivity index (χ2n) is 4.00. The molecular weight excluding hydrogens is 232 g/mol. The number of aliphatic hydroxyl groups is 1. The topological polar surface area (TPSA) is 75.4 Å². The highest BCUT2D eigenvalue weighted by Gasteiger charge is 2.13. The van der Waals surface area contributed by atoms with Gasteiger partial charge in [0.25, 0.3) is 5.91 Å². The molecule has 5 nitrogen and oxygen atoms in total. The first-order chi connectivity index (χ1) is 8.66. The van der Waals surface area contributed by atoms with Crippen molar-refractivity contribution in [3.63, 3.8) is 0 Å². The highest BCUT2D eigenvalue weighted by Crippen LogP contribution is 2.18. The summed E-state index contributed by atoms with van der Waals surface area (Å²) in [5.74, 6) is -0.250. The Labute approximate surface area is 104 Å². The lowest BCUT2D eigenvalue weighted by Crippen LogP contribution is -2.30. The molecule has 0 aliphatic heterocycles. The van der Waals surface area contributed by atoms with E-state index in [0.717, 1.165) is 5.56 Å². The summed E-state index contributed by atoms with van der Waals surface area (Å²) in [5, 5.41) is 15.4. The second-order valence-corrected chi connectivity index (χ2v) is 4.00. The van der Waals surface area contributed by atoms with Crippen LogP contribution in [-0.2, 0) is 0 Å². The van der Waals surface area contributed by atoms with E-state index in [1.807, 2.05) is 30.3 Å². The minimum absolute atomic E-state index is 0.134. The highest BCUT2D eigenvalue weighted by molar-refractivity contribution is 5.92. The Morgan fingerprint density at radius 3 is 2.83 bits per heavy atom. The van der Waals surface area contributed by atoms with Gasteiger partial charge in [-0.3, -0.25) is 4.79 Å². The summed E-state index contributed by atoms with van der Waals surface area (Å²) < 4.78 is 4.97. The normalized spacial score (nSPS) is 12.1. The molecule has 1 aromatic heterocycles. The van der Waals surface area contributed by atoms with Gasteiger partial charge >= 0.3 is 0 Å². The molecule has 5 heteroatoms. The minimum atomic E-state index is -0.592. The van der Waals surface area contributed by atoms with E-state index >= 15 is 0 Å². The molecule has 0 saturated heterocycles. The fourth-order valence-corrected chi connectivity index (χ4v) is 1.45. The van der Waals surface area contributed by atoms with Crippen LogP contribution in [0.15, 0.2) is 40.9 Å². The molecule has 0 aliphatic rings. The lowest BCUT2D eigenvalue weighted by molar-refractivity contribution is 0.0887. The van der Waals surface area contributed by atoms with Crippen LogP contribution in [0.4, 0.5) is 0 Å². The molecular formula is C13H14N2O3. The zero-order chi connectivity index (χ0) is 13.0. The van der Waals surface area contributed by atoms with Crippen molar-refractivity contribution in [3.8, 4) is 11.3 Å². The van der Waals surface area contributed by atoms with Crippen LogP contribution < -0.4 is 5.32 Å². The zero-order valence-corrected chi connectivity index (χ0v) is 9.96. The summed E-state index contributed by atoms with van der Waals surface area (Å²) in [7, 11) is 0. The molecule has 1 aromatic carbocycles. The first kappa shape index (κ1) is 12.3. The third kappa shape index (κ3) is 2.95. The molecule has 0 aliphatic carbocycles. The van der Waals surface area contributed by atoms with Crippen molar-refractivity contribution >= 4 is 5.91 Å². The molecule has 0 radical (unpaired) electrons. The predicted octanol–water partition coefficient (Wildman–Crippen LogP) is 1.45. The Morgan fingerprint density at radius 1 is 1.44 bits per heavy atom. The summed E-state index contributed by atoms with van der Waals surface area (Å²) in [5.41, 5.74) is 1.49. The first-order valence-electron chi connectivity index (χ1n) is 5.65. The van der Waals surface area contributed by atoms with Gasteiger partial charge in [-0.05, 0) is 6.92 Å². The van der Waals surface area contributed by atoms with Gasteiger partial charge in [-0.1, -0.05) is 35.5 Å². The van der Waals surface area contributed by atoms with Gasteiger partial charge in [-0.15, -0.1) is 0 Å². The molecule has 1 heterocycles. The van der Waals surface area contributed by atoms with Crippen molar-refractivity contribution in [2.24, 2.45) is 0 Å². The summed E-state index contributed by atoms with van der Waals surface area (Å²) in [6, 6.07) is 11.0. The van der Waals surface area contributed by atoms with Crippen molar-refractivity contribution in [1.29, 1.82) is 0 Å². The van der Waals surface area contributed by atoms with Gasteiger partial charge in [0.1, 0.15) is 5.69 Å². The number of nitrogens with one attached hydrogen (secondary N) is 1. The molecule has 2 N–H and O–H groups in total. The van der Waals surface area contributed by atoms with Crippen LogP contribution in [0, 0.1) is 0 Å². The van der Waals surface area contributed by atoms with Crippen LogP contribution in [-0.4, -0.2) is 28.8 Å². The minimum Gasteiger partial charge on any atom is -0.392 e. The van der Waals surface area contributed by atoms with Crippen molar-refractivity contribution in [2.45, 2.75) is 13.0 Å². The number of aromatic nitrogens is 1. The van der Waals surface area contributed by atoms with E-state index in [2.05, 4.69) is 10.5 Å². The van der Waals surface area contributed by atoms with Gasteiger partial charge in [0.2, 0.25) is 5.76 Å². The van der Waals surface area contributed by atoms with Crippen LogP contribution in [0.5, 0.6) is 0 Å². The van der Waals surface area contributed by atoms with E-state index in [4.69, 9.17) is 9.63 Å². The molecule has 1 atom stereocenters. The Bertz CT molecular complexity index is 520. The fourth-order valence-electron chi connectivity index (χ4n) is 1.45. The molecule has 0 bridgehead atoms. The maximum atomic E-state index is 11.6. The Kier molecular flexibility index (Phi) is 3.74. The molecule has 94 valence electrons. The van der Waals surface area contributed by atoms with E-state index in [-0.39, 0.29) is 18.2 Å². The first-order valence-corrected chi connectivity index (χ1v) is 5.65.